The van der Waals surface area contributed by atoms with E-state index in [4.69, 9.17) is 9.15 Å². The van der Waals surface area contributed by atoms with Crippen molar-refractivity contribution in [2.24, 2.45) is 11.3 Å². The van der Waals surface area contributed by atoms with E-state index in [0.29, 0.717) is 12.8 Å². The van der Waals surface area contributed by atoms with Crippen LogP contribution in [-0.2, 0) is 19.1 Å². The van der Waals surface area contributed by atoms with E-state index in [9.17, 15) is 24.6 Å². The summed E-state index contributed by atoms with van der Waals surface area (Å²) in [5.41, 5.74) is -2.15. The number of carboxylic acids is 1. The lowest BCUT2D eigenvalue weighted by atomic mass is 9.74. The Balaban J connectivity index is 1.85. The van der Waals surface area contributed by atoms with Gasteiger partial charge in [0, 0.05) is 5.41 Å². The zero-order chi connectivity index (χ0) is 17.7. The lowest BCUT2D eigenvalue weighted by Crippen LogP contribution is -2.57. The first-order valence-electron chi connectivity index (χ1n) is 7.69. The highest BCUT2D eigenvalue weighted by atomic mass is 16.6. The van der Waals surface area contributed by atoms with Crippen molar-refractivity contribution < 1.29 is 33.8 Å². The van der Waals surface area contributed by atoms with E-state index < -0.39 is 41.0 Å². The van der Waals surface area contributed by atoms with Gasteiger partial charge in [-0.1, -0.05) is 13.8 Å². The fraction of sp³-hybridized carbons (Fsp3) is 0.562. The minimum absolute atomic E-state index is 0.0205. The van der Waals surface area contributed by atoms with Crippen LogP contribution in [0.1, 0.15) is 38.6 Å². The lowest BCUT2D eigenvalue weighted by molar-refractivity contribution is -0.168. The Hall–Kier alpha value is -2.35. The second kappa shape index (κ2) is 5.34. The number of aliphatic carboxylic acids is 1. The van der Waals surface area contributed by atoms with Gasteiger partial charge in [0.2, 0.25) is 0 Å². The molecule has 1 saturated heterocycles. The summed E-state index contributed by atoms with van der Waals surface area (Å²) >= 11 is 0. The van der Waals surface area contributed by atoms with E-state index in [1.54, 1.807) is 13.8 Å². The van der Waals surface area contributed by atoms with Crippen molar-refractivity contribution >= 4 is 17.8 Å². The maximum absolute atomic E-state index is 12.8. The summed E-state index contributed by atoms with van der Waals surface area (Å²) in [5.74, 6) is -2.94. The number of amides is 1. The standard InChI is InChI=1S/C16H19NO7/c1-15(2)8-5-6-16(15,24-13(8)21)14(22)17-10(12(19)20)11(18)9-4-3-7-23-9/h3-4,7-8,10-11,18H,5-6H2,1-2H3,(H,17,22)(H,19,20)/t8-,10+,11-,16+/m0/s1. The number of hydrogen-bond acceptors (Lipinski definition) is 6. The van der Waals surface area contributed by atoms with Crippen molar-refractivity contribution in [1.82, 2.24) is 5.32 Å². The number of esters is 1. The molecule has 1 aliphatic carbocycles. The first-order chi connectivity index (χ1) is 11.2. The maximum atomic E-state index is 12.8. The lowest BCUT2D eigenvalue weighted by Gasteiger charge is -2.35. The molecule has 3 rings (SSSR count). The highest BCUT2D eigenvalue weighted by molar-refractivity contribution is 5.96. The van der Waals surface area contributed by atoms with Gasteiger partial charge in [0.05, 0.1) is 12.2 Å². The number of nitrogens with one attached hydrogen (secondary N) is 1. The van der Waals surface area contributed by atoms with Crippen molar-refractivity contribution in [1.29, 1.82) is 0 Å². The monoisotopic (exact) mass is 337 g/mol. The Morgan fingerprint density at radius 3 is 2.58 bits per heavy atom. The van der Waals surface area contributed by atoms with Gasteiger partial charge < -0.3 is 24.7 Å². The number of aliphatic hydroxyl groups excluding tert-OH is 1. The Kier molecular flexibility index (Phi) is 3.67. The van der Waals surface area contributed by atoms with Crippen LogP contribution in [0.5, 0.6) is 0 Å². The van der Waals surface area contributed by atoms with E-state index in [-0.39, 0.29) is 11.7 Å². The van der Waals surface area contributed by atoms with Crippen molar-refractivity contribution in [2.45, 2.75) is 44.4 Å². The van der Waals surface area contributed by atoms with E-state index in [0.717, 1.165) is 0 Å². The number of carbonyl (C=O) groups excluding carboxylic acids is 2. The van der Waals surface area contributed by atoms with Crippen molar-refractivity contribution in [2.75, 3.05) is 0 Å². The van der Waals surface area contributed by atoms with E-state index in [2.05, 4.69) is 5.32 Å². The summed E-state index contributed by atoms with van der Waals surface area (Å²) in [7, 11) is 0. The first kappa shape index (κ1) is 16.5. The molecule has 2 fully saturated rings. The van der Waals surface area contributed by atoms with Crippen LogP contribution in [0.2, 0.25) is 0 Å². The number of aliphatic hydroxyl groups is 1. The topological polar surface area (TPSA) is 126 Å². The van der Waals surface area contributed by atoms with Crippen LogP contribution in [-0.4, -0.2) is 39.7 Å². The molecule has 0 unspecified atom stereocenters. The summed E-state index contributed by atoms with van der Waals surface area (Å²) in [6.45, 7) is 3.52. The van der Waals surface area contributed by atoms with Crippen molar-refractivity contribution in [3.63, 3.8) is 0 Å². The van der Waals surface area contributed by atoms with Gasteiger partial charge in [-0.05, 0) is 25.0 Å². The zero-order valence-corrected chi connectivity index (χ0v) is 13.3. The number of fused-ring (bicyclic) bond motifs is 2. The van der Waals surface area contributed by atoms with E-state index >= 15 is 0 Å². The predicted octanol–water partition coefficient (Wildman–Crippen LogP) is 0.614. The number of hydrogen-bond donors (Lipinski definition) is 3. The van der Waals surface area contributed by atoms with E-state index in [1.807, 2.05) is 0 Å². The number of carboxylic acid groups (broad SMARTS) is 1. The van der Waals surface area contributed by atoms with Gasteiger partial charge in [-0.15, -0.1) is 0 Å². The molecule has 2 heterocycles. The molecule has 2 aliphatic rings. The average Bonchev–Trinajstić information content (AvgIpc) is 3.16. The highest BCUT2D eigenvalue weighted by Gasteiger charge is 2.70. The Morgan fingerprint density at radius 1 is 1.42 bits per heavy atom. The Bertz CT molecular complexity index is 681. The third-order valence-electron chi connectivity index (χ3n) is 5.33. The molecule has 4 atom stereocenters. The zero-order valence-electron chi connectivity index (χ0n) is 13.3. The smallest absolute Gasteiger partial charge is 0.329 e. The van der Waals surface area contributed by atoms with Gasteiger partial charge in [0.25, 0.3) is 5.91 Å². The van der Waals surface area contributed by atoms with Crippen LogP contribution in [0, 0.1) is 11.3 Å². The molecule has 8 heteroatoms. The van der Waals surface area contributed by atoms with Gasteiger partial charge in [-0.3, -0.25) is 9.59 Å². The third kappa shape index (κ3) is 2.13. The number of ether oxygens (including phenoxy) is 1. The van der Waals surface area contributed by atoms with Crippen LogP contribution in [0.25, 0.3) is 0 Å². The molecule has 3 N–H and O–H groups in total. The number of carbonyl (C=O) groups is 3. The molecule has 0 radical (unpaired) electrons. The summed E-state index contributed by atoms with van der Waals surface area (Å²) in [6, 6.07) is 1.30. The van der Waals surface area contributed by atoms with Crippen LogP contribution in [0.3, 0.4) is 0 Å². The van der Waals surface area contributed by atoms with Gasteiger partial charge in [-0.25, -0.2) is 4.79 Å². The molecule has 1 aromatic rings. The van der Waals surface area contributed by atoms with Crippen molar-refractivity contribution in [3.05, 3.63) is 24.2 Å². The summed E-state index contributed by atoms with van der Waals surface area (Å²) in [5, 5.41) is 21.9. The summed E-state index contributed by atoms with van der Waals surface area (Å²) in [6.07, 6.45) is 0.570. The predicted molar refractivity (Wildman–Crippen MR) is 78.6 cm³/mol. The molecule has 130 valence electrons. The minimum atomic E-state index is -1.62. The molecule has 24 heavy (non-hydrogen) atoms. The molecule has 1 aromatic heterocycles. The number of rotatable bonds is 5. The van der Waals surface area contributed by atoms with Gasteiger partial charge >= 0.3 is 11.9 Å². The Morgan fingerprint density at radius 2 is 2.12 bits per heavy atom. The second-order valence-electron chi connectivity index (χ2n) is 6.81. The second-order valence-corrected chi connectivity index (χ2v) is 6.81. The molecule has 2 bridgehead atoms. The fourth-order valence-corrected chi connectivity index (χ4v) is 3.76. The number of furan rings is 1. The fourth-order valence-electron chi connectivity index (χ4n) is 3.76. The maximum Gasteiger partial charge on any atom is 0.329 e. The summed E-state index contributed by atoms with van der Waals surface area (Å²) < 4.78 is 10.3. The van der Waals surface area contributed by atoms with Crippen molar-refractivity contribution in [3.8, 4) is 0 Å². The molecule has 1 saturated carbocycles. The minimum Gasteiger partial charge on any atom is -0.480 e. The van der Waals surface area contributed by atoms with Crippen LogP contribution < -0.4 is 5.32 Å². The average molecular weight is 337 g/mol. The molecule has 1 aliphatic heterocycles. The molecular formula is C16H19NO7. The molecular weight excluding hydrogens is 318 g/mol. The molecule has 0 spiro atoms. The summed E-state index contributed by atoms with van der Waals surface area (Å²) in [4.78, 5) is 36.2. The first-order valence-corrected chi connectivity index (χ1v) is 7.69. The largest absolute Gasteiger partial charge is 0.480 e. The molecule has 1 amide bonds. The quantitative estimate of drug-likeness (QED) is 0.672. The van der Waals surface area contributed by atoms with E-state index in [1.165, 1.54) is 18.4 Å². The highest BCUT2D eigenvalue weighted by Crippen LogP contribution is 2.58. The van der Waals surface area contributed by atoms with Gasteiger partial charge in [-0.2, -0.15) is 0 Å². The van der Waals surface area contributed by atoms with Crippen LogP contribution >= 0.6 is 0 Å². The Labute approximate surface area is 137 Å². The van der Waals surface area contributed by atoms with Crippen LogP contribution in [0.4, 0.5) is 0 Å². The van der Waals surface area contributed by atoms with Gasteiger partial charge in [0.1, 0.15) is 11.9 Å². The van der Waals surface area contributed by atoms with Gasteiger partial charge in [0.15, 0.2) is 11.6 Å². The van der Waals surface area contributed by atoms with Crippen LogP contribution in [0.15, 0.2) is 22.8 Å². The third-order valence-corrected chi connectivity index (χ3v) is 5.33. The normalized spacial score (nSPS) is 29.8. The molecule has 0 aromatic carbocycles. The molecule has 8 nitrogen and oxygen atoms in total. The SMILES string of the molecule is CC1(C)[C@H]2CC[C@]1(C(=O)N[C@@H](C(=O)O)[C@@H](O)c1ccco1)OC2=O.